The predicted octanol–water partition coefficient (Wildman–Crippen LogP) is 2.40. The lowest BCUT2D eigenvalue weighted by Crippen LogP contribution is -2.22. The van der Waals surface area contributed by atoms with Crippen LogP contribution in [0.4, 0.5) is 0 Å². The molecule has 0 saturated heterocycles. The molecular formula is C9H15NOS. The van der Waals surface area contributed by atoms with Crippen molar-refractivity contribution in [1.82, 2.24) is 4.31 Å². The third kappa shape index (κ3) is 2.21. The normalized spacial score (nSPS) is 22.4. The molecule has 12 heavy (non-hydrogen) atoms. The van der Waals surface area contributed by atoms with Crippen LogP contribution in [-0.4, -0.2) is 23.2 Å². The molecule has 68 valence electrons. The highest BCUT2D eigenvalue weighted by Gasteiger charge is 2.11. The van der Waals surface area contributed by atoms with Crippen LogP contribution in [0.2, 0.25) is 0 Å². The largest absolute Gasteiger partial charge is 0.492 e. The third-order valence-corrected chi connectivity index (χ3v) is 2.58. The van der Waals surface area contributed by atoms with Gasteiger partial charge >= 0.3 is 0 Å². The monoisotopic (exact) mass is 185 g/mol. The van der Waals surface area contributed by atoms with Crippen LogP contribution >= 0.6 is 11.9 Å². The molecule has 0 fully saturated rings. The number of nitrogens with zero attached hydrogens (tertiary/aromatic N) is 1. The van der Waals surface area contributed by atoms with Crippen LogP contribution in [0.5, 0.6) is 0 Å². The van der Waals surface area contributed by atoms with Crippen molar-refractivity contribution in [1.29, 1.82) is 0 Å². The van der Waals surface area contributed by atoms with E-state index >= 15 is 0 Å². The zero-order valence-electron chi connectivity index (χ0n) is 7.78. The van der Waals surface area contributed by atoms with Gasteiger partial charge in [-0.25, -0.2) is 0 Å². The van der Waals surface area contributed by atoms with E-state index in [2.05, 4.69) is 23.6 Å². The summed E-state index contributed by atoms with van der Waals surface area (Å²) < 4.78 is 7.55. The lowest BCUT2D eigenvalue weighted by molar-refractivity contribution is 0.233. The van der Waals surface area contributed by atoms with Crippen molar-refractivity contribution in [3.05, 3.63) is 24.1 Å². The average Bonchev–Trinajstić information content (AvgIpc) is 2.09. The summed E-state index contributed by atoms with van der Waals surface area (Å²) in [4.78, 5) is 0. The zero-order chi connectivity index (χ0) is 8.97. The first-order chi connectivity index (χ1) is 5.77. The molecule has 1 unspecified atom stereocenters. The summed E-state index contributed by atoms with van der Waals surface area (Å²) in [7, 11) is 0. The molecule has 1 aliphatic rings. The fourth-order valence-corrected chi connectivity index (χ4v) is 1.69. The zero-order valence-corrected chi connectivity index (χ0v) is 8.60. The molecule has 2 nitrogen and oxygen atoms in total. The Morgan fingerprint density at radius 2 is 2.42 bits per heavy atom. The van der Waals surface area contributed by atoms with Crippen molar-refractivity contribution in [2.24, 2.45) is 0 Å². The maximum absolute atomic E-state index is 5.38. The first-order valence-electron chi connectivity index (χ1n) is 4.13. The fraction of sp³-hybridized carbons (Fsp3) is 0.556. The summed E-state index contributed by atoms with van der Waals surface area (Å²) in [6, 6.07) is 0.462. The Hall–Kier alpha value is -0.570. The molecule has 0 saturated carbocycles. The topological polar surface area (TPSA) is 12.5 Å². The third-order valence-electron chi connectivity index (χ3n) is 1.72. The molecule has 0 spiro atoms. The van der Waals surface area contributed by atoms with E-state index in [0.29, 0.717) is 6.04 Å². The molecule has 1 rings (SSSR count). The van der Waals surface area contributed by atoms with Gasteiger partial charge < -0.3 is 9.04 Å². The highest BCUT2D eigenvalue weighted by molar-refractivity contribution is 7.96. The van der Waals surface area contributed by atoms with Gasteiger partial charge in [0, 0.05) is 6.26 Å². The van der Waals surface area contributed by atoms with Crippen molar-refractivity contribution in [2.45, 2.75) is 19.9 Å². The van der Waals surface area contributed by atoms with Gasteiger partial charge in [-0.3, -0.25) is 0 Å². The Balaban J connectivity index is 2.60. The van der Waals surface area contributed by atoms with Crippen LogP contribution in [0.1, 0.15) is 13.8 Å². The number of rotatable bonds is 3. The van der Waals surface area contributed by atoms with Crippen LogP contribution in [0.25, 0.3) is 0 Å². The molecule has 0 aromatic rings. The first-order valence-corrected chi connectivity index (χ1v) is 5.31. The smallest absolute Gasteiger partial charge is 0.135 e. The highest BCUT2D eigenvalue weighted by atomic mass is 32.2. The van der Waals surface area contributed by atoms with Crippen molar-refractivity contribution in [3.63, 3.8) is 0 Å². The Kier molecular flexibility index (Phi) is 3.53. The average molecular weight is 185 g/mol. The fourth-order valence-electron chi connectivity index (χ4n) is 1.08. The Bertz CT molecular complexity index is 201. The molecule has 3 heteroatoms. The van der Waals surface area contributed by atoms with E-state index in [1.807, 2.05) is 19.2 Å². The lowest BCUT2D eigenvalue weighted by Gasteiger charge is -2.26. The van der Waals surface area contributed by atoms with Crippen LogP contribution < -0.4 is 0 Å². The van der Waals surface area contributed by atoms with E-state index in [9.17, 15) is 0 Å². The highest BCUT2D eigenvalue weighted by Crippen LogP contribution is 2.20. The Labute approximate surface area is 78.4 Å². The number of allylic oxidation sites excluding steroid dienone is 1. The van der Waals surface area contributed by atoms with Crippen molar-refractivity contribution in [3.8, 4) is 0 Å². The van der Waals surface area contributed by atoms with Gasteiger partial charge in [-0.1, -0.05) is 18.0 Å². The van der Waals surface area contributed by atoms with Crippen LogP contribution in [0.15, 0.2) is 24.1 Å². The van der Waals surface area contributed by atoms with Gasteiger partial charge in [0.05, 0.1) is 18.8 Å². The van der Waals surface area contributed by atoms with E-state index in [-0.39, 0.29) is 0 Å². The quantitative estimate of drug-likeness (QED) is 0.626. The molecule has 0 N–H and O–H groups in total. The molecule has 0 amide bonds. The molecule has 0 bridgehead atoms. The lowest BCUT2D eigenvalue weighted by atomic mass is 10.2. The minimum atomic E-state index is 0.462. The minimum Gasteiger partial charge on any atom is -0.492 e. The first kappa shape index (κ1) is 9.52. The maximum atomic E-state index is 5.38. The van der Waals surface area contributed by atoms with Gasteiger partial charge in [-0.15, -0.1) is 0 Å². The van der Waals surface area contributed by atoms with E-state index in [4.69, 9.17) is 4.74 Å². The molecule has 0 aliphatic carbocycles. The minimum absolute atomic E-state index is 0.462. The number of ether oxygens (including phenoxy) is 1. The second-order valence-electron chi connectivity index (χ2n) is 2.61. The summed E-state index contributed by atoms with van der Waals surface area (Å²) >= 11 is 1.71. The molecule has 0 radical (unpaired) electrons. The van der Waals surface area contributed by atoms with Gasteiger partial charge in [-0.05, 0) is 19.9 Å². The van der Waals surface area contributed by atoms with Crippen LogP contribution in [0.3, 0.4) is 0 Å². The van der Waals surface area contributed by atoms with Crippen molar-refractivity contribution in [2.75, 3.05) is 12.9 Å². The molecule has 0 aromatic heterocycles. The second kappa shape index (κ2) is 4.45. The number of hydrogen-bond acceptors (Lipinski definition) is 3. The predicted molar refractivity (Wildman–Crippen MR) is 53.7 cm³/mol. The summed E-state index contributed by atoms with van der Waals surface area (Å²) in [6.07, 6.45) is 8.27. The summed E-state index contributed by atoms with van der Waals surface area (Å²) in [5.74, 6) is 0.949. The molecule has 0 aromatic carbocycles. The van der Waals surface area contributed by atoms with Crippen LogP contribution in [-0.2, 0) is 4.74 Å². The van der Waals surface area contributed by atoms with E-state index in [0.717, 1.165) is 12.4 Å². The molecule has 1 heterocycles. The summed E-state index contributed by atoms with van der Waals surface area (Å²) in [5, 5.41) is 0. The SMILES string of the molecule is CCOC1=CN(SC)C(C)C=C1. The summed E-state index contributed by atoms with van der Waals surface area (Å²) in [5.41, 5.74) is 0. The molecule has 1 aliphatic heterocycles. The number of hydrogen-bond donors (Lipinski definition) is 0. The van der Waals surface area contributed by atoms with Gasteiger partial charge in [-0.2, -0.15) is 0 Å². The van der Waals surface area contributed by atoms with Gasteiger partial charge in [0.25, 0.3) is 0 Å². The van der Waals surface area contributed by atoms with E-state index < -0.39 is 0 Å². The van der Waals surface area contributed by atoms with Crippen molar-refractivity contribution < 1.29 is 4.74 Å². The van der Waals surface area contributed by atoms with Gasteiger partial charge in [0.1, 0.15) is 5.76 Å². The van der Waals surface area contributed by atoms with E-state index in [1.165, 1.54) is 0 Å². The molecule has 1 atom stereocenters. The van der Waals surface area contributed by atoms with E-state index in [1.54, 1.807) is 11.9 Å². The summed E-state index contributed by atoms with van der Waals surface area (Å²) in [6.45, 7) is 4.88. The molecular weight excluding hydrogens is 170 g/mol. The van der Waals surface area contributed by atoms with Crippen molar-refractivity contribution >= 4 is 11.9 Å². The second-order valence-corrected chi connectivity index (χ2v) is 3.39. The maximum Gasteiger partial charge on any atom is 0.135 e. The Morgan fingerprint density at radius 1 is 1.67 bits per heavy atom. The Morgan fingerprint density at radius 3 is 3.00 bits per heavy atom. The van der Waals surface area contributed by atoms with Crippen LogP contribution in [0, 0.1) is 0 Å². The standard InChI is InChI=1S/C9H15NOS/c1-4-11-9-6-5-8(2)10(7-9)12-3/h5-8H,4H2,1-3H3. The van der Waals surface area contributed by atoms with Gasteiger partial charge in [0.2, 0.25) is 0 Å². The van der Waals surface area contributed by atoms with Gasteiger partial charge in [0.15, 0.2) is 0 Å².